The number of hydrogen-bond donors (Lipinski definition) is 0. The first kappa shape index (κ1) is 16.6. The Labute approximate surface area is 133 Å². The standard InChI is InChI=1S/C18H27N3O/c1-4-20(5-2)12-9-13-22-18-14-16(3)19-21(18)15-17-10-7-6-8-11-17/h6-8,10-11,14H,4-5,9,12-13,15H2,1-3H3. The summed E-state index contributed by atoms with van der Waals surface area (Å²) in [6, 6.07) is 12.4. The van der Waals surface area contributed by atoms with E-state index >= 15 is 0 Å². The topological polar surface area (TPSA) is 30.3 Å². The van der Waals surface area contributed by atoms with Crippen molar-refractivity contribution in [2.45, 2.75) is 33.7 Å². The summed E-state index contributed by atoms with van der Waals surface area (Å²) in [5.74, 6) is 0.862. The van der Waals surface area contributed by atoms with Crippen molar-refractivity contribution < 1.29 is 4.74 Å². The Morgan fingerprint density at radius 3 is 2.55 bits per heavy atom. The Bertz CT molecular complexity index is 547. The minimum absolute atomic E-state index is 0.733. The predicted octanol–water partition coefficient (Wildman–Crippen LogP) is 3.35. The van der Waals surface area contributed by atoms with Crippen LogP contribution in [0, 0.1) is 6.92 Å². The summed E-state index contributed by atoms with van der Waals surface area (Å²) in [6.07, 6.45) is 1.04. The highest BCUT2D eigenvalue weighted by molar-refractivity contribution is 5.20. The molecule has 2 rings (SSSR count). The van der Waals surface area contributed by atoms with Crippen LogP contribution in [0.5, 0.6) is 5.88 Å². The molecular weight excluding hydrogens is 274 g/mol. The van der Waals surface area contributed by atoms with Crippen LogP contribution in [0.3, 0.4) is 0 Å². The highest BCUT2D eigenvalue weighted by Gasteiger charge is 2.07. The zero-order valence-electron chi connectivity index (χ0n) is 14.0. The van der Waals surface area contributed by atoms with Crippen LogP contribution in [0.1, 0.15) is 31.5 Å². The van der Waals surface area contributed by atoms with Gasteiger partial charge in [0.2, 0.25) is 5.88 Å². The fourth-order valence-electron chi connectivity index (χ4n) is 2.51. The average molecular weight is 301 g/mol. The molecule has 2 aromatic rings. The first-order valence-electron chi connectivity index (χ1n) is 8.16. The third-order valence-corrected chi connectivity index (χ3v) is 3.80. The van der Waals surface area contributed by atoms with Gasteiger partial charge >= 0.3 is 0 Å². The van der Waals surface area contributed by atoms with Gasteiger partial charge in [0.15, 0.2) is 0 Å². The Morgan fingerprint density at radius 2 is 1.86 bits per heavy atom. The van der Waals surface area contributed by atoms with E-state index in [4.69, 9.17) is 4.74 Å². The number of benzene rings is 1. The lowest BCUT2D eigenvalue weighted by atomic mass is 10.2. The van der Waals surface area contributed by atoms with Crippen molar-refractivity contribution in [1.82, 2.24) is 14.7 Å². The molecule has 22 heavy (non-hydrogen) atoms. The quantitative estimate of drug-likeness (QED) is 0.665. The second kappa shape index (κ2) is 8.59. The molecule has 0 N–H and O–H groups in total. The van der Waals surface area contributed by atoms with Crippen molar-refractivity contribution >= 4 is 0 Å². The first-order valence-corrected chi connectivity index (χ1v) is 8.16. The lowest BCUT2D eigenvalue weighted by Crippen LogP contribution is -2.25. The number of rotatable bonds is 9. The van der Waals surface area contributed by atoms with Gasteiger partial charge in [0.1, 0.15) is 0 Å². The summed E-state index contributed by atoms with van der Waals surface area (Å²) < 4.78 is 7.89. The van der Waals surface area contributed by atoms with Crippen molar-refractivity contribution in [2.75, 3.05) is 26.2 Å². The largest absolute Gasteiger partial charge is 0.478 e. The molecule has 0 fully saturated rings. The van der Waals surface area contributed by atoms with Crippen molar-refractivity contribution in [3.8, 4) is 5.88 Å². The molecule has 0 spiro atoms. The molecule has 1 aromatic carbocycles. The van der Waals surface area contributed by atoms with E-state index in [9.17, 15) is 0 Å². The summed E-state index contributed by atoms with van der Waals surface area (Å²) in [7, 11) is 0. The van der Waals surface area contributed by atoms with Gasteiger partial charge < -0.3 is 9.64 Å². The van der Waals surface area contributed by atoms with Crippen molar-refractivity contribution in [3.05, 3.63) is 47.7 Å². The van der Waals surface area contributed by atoms with Gasteiger partial charge in [-0.2, -0.15) is 5.10 Å². The zero-order chi connectivity index (χ0) is 15.8. The molecule has 0 aliphatic heterocycles. The van der Waals surface area contributed by atoms with E-state index in [1.165, 1.54) is 5.56 Å². The molecule has 0 unspecified atom stereocenters. The summed E-state index contributed by atoms with van der Waals surface area (Å²) in [6.45, 7) is 11.2. The van der Waals surface area contributed by atoms with Crippen LogP contribution in [0.15, 0.2) is 36.4 Å². The van der Waals surface area contributed by atoms with Crippen LogP contribution < -0.4 is 4.74 Å². The van der Waals surface area contributed by atoms with Crippen LogP contribution in [0.2, 0.25) is 0 Å². The number of aromatic nitrogens is 2. The number of ether oxygens (including phenoxy) is 1. The van der Waals surface area contributed by atoms with E-state index in [2.05, 4.69) is 48.1 Å². The van der Waals surface area contributed by atoms with Gasteiger partial charge in [-0.1, -0.05) is 44.2 Å². The summed E-state index contributed by atoms with van der Waals surface area (Å²) in [4.78, 5) is 2.41. The molecule has 0 saturated heterocycles. The van der Waals surface area contributed by atoms with E-state index in [0.29, 0.717) is 0 Å². The summed E-state index contributed by atoms with van der Waals surface area (Å²) >= 11 is 0. The fraction of sp³-hybridized carbons (Fsp3) is 0.500. The van der Waals surface area contributed by atoms with Gasteiger partial charge in [0.05, 0.1) is 18.8 Å². The maximum atomic E-state index is 5.94. The summed E-state index contributed by atoms with van der Waals surface area (Å²) in [5.41, 5.74) is 2.23. The van der Waals surface area contributed by atoms with E-state index in [1.54, 1.807) is 0 Å². The van der Waals surface area contributed by atoms with Crippen LogP contribution >= 0.6 is 0 Å². The molecule has 1 heterocycles. The lowest BCUT2D eigenvalue weighted by molar-refractivity contribution is 0.237. The third kappa shape index (κ3) is 4.88. The Balaban J connectivity index is 1.88. The van der Waals surface area contributed by atoms with Gasteiger partial charge in [-0.05, 0) is 32.0 Å². The zero-order valence-corrected chi connectivity index (χ0v) is 14.0. The third-order valence-electron chi connectivity index (χ3n) is 3.80. The Kier molecular flexibility index (Phi) is 6.46. The molecule has 0 bridgehead atoms. The normalized spacial score (nSPS) is 11.1. The molecule has 120 valence electrons. The van der Waals surface area contributed by atoms with Crippen LogP contribution in [0.4, 0.5) is 0 Å². The number of aryl methyl sites for hydroxylation is 1. The van der Waals surface area contributed by atoms with Crippen LogP contribution in [-0.4, -0.2) is 40.9 Å². The number of hydrogen-bond acceptors (Lipinski definition) is 3. The molecule has 0 aliphatic rings. The molecule has 0 saturated carbocycles. The first-order chi connectivity index (χ1) is 10.7. The van der Waals surface area contributed by atoms with Crippen molar-refractivity contribution in [3.63, 3.8) is 0 Å². The molecule has 0 amide bonds. The van der Waals surface area contributed by atoms with Crippen molar-refractivity contribution in [2.24, 2.45) is 0 Å². The Morgan fingerprint density at radius 1 is 1.14 bits per heavy atom. The van der Waals surface area contributed by atoms with Gasteiger partial charge in [-0.15, -0.1) is 0 Å². The highest BCUT2D eigenvalue weighted by Crippen LogP contribution is 2.15. The molecule has 0 aliphatic carbocycles. The summed E-state index contributed by atoms with van der Waals surface area (Å²) in [5, 5.41) is 4.53. The maximum Gasteiger partial charge on any atom is 0.212 e. The second-order valence-electron chi connectivity index (χ2n) is 5.50. The van der Waals surface area contributed by atoms with E-state index < -0.39 is 0 Å². The predicted molar refractivity (Wildman–Crippen MR) is 90.4 cm³/mol. The van der Waals surface area contributed by atoms with Gasteiger partial charge in [-0.25, -0.2) is 4.68 Å². The monoisotopic (exact) mass is 301 g/mol. The fourth-order valence-corrected chi connectivity index (χ4v) is 2.51. The minimum Gasteiger partial charge on any atom is -0.478 e. The number of nitrogens with zero attached hydrogens (tertiary/aromatic N) is 3. The average Bonchev–Trinajstić information content (AvgIpc) is 2.88. The maximum absolute atomic E-state index is 5.94. The minimum atomic E-state index is 0.733. The van der Waals surface area contributed by atoms with Crippen molar-refractivity contribution in [1.29, 1.82) is 0 Å². The van der Waals surface area contributed by atoms with E-state index in [-0.39, 0.29) is 0 Å². The van der Waals surface area contributed by atoms with E-state index in [0.717, 1.165) is 50.8 Å². The van der Waals surface area contributed by atoms with Gasteiger partial charge in [-0.3, -0.25) is 0 Å². The molecule has 4 nitrogen and oxygen atoms in total. The smallest absolute Gasteiger partial charge is 0.212 e. The molecule has 1 aromatic heterocycles. The van der Waals surface area contributed by atoms with Gasteiger partial charge in [0, 0.05) is 12.6 Å². The SMILES string of the molecule is CCN(CC)CCCOc1cc(C)nn1Cc1ccccc1. The van der Waals surface area contributed by atoms with Crippen LogP contribution in [-0.2, 0) is 6.54 Å². The Hall–Kier alpha value is -1.81. The van der Waals surface area contributed by atoms with Gasteiger partial charge in [0.25, 0.3) is 0 Å². The van der Waals surface area contributed by atoms with E-state index in [1.807, 2.05) is 23.7 Å². The molecule has 4 heteroatoms. The molecular formula is C18H27N3O. The molecule has 0 atom stereocenters. The highest BCUT2D eigenvalue weighted by atomic mass is 16.5. The lowest BCUT2D eigenvalue weighted by Gasteiger charge is -2.17. The second-order valence-corrected chi connectivity index (χ2v) is 5.50. The van der Waals surface area contributed by atoms with Crippen LogP contribution in [0.25, 0.3) is 0 Å². The molecule has 0 radical (unpaired) electrons.